The predicted octanol–water partition coefficient (Wildman–Crippen LogP) is 0.252. The van der Waals surface area contributed by atoms with Crippen LogP contribution < -0.4 is 16.0 Å². The number of carbonyl (C=O) groups excluding carboxylic acids is 1. The Morgan fingerprint density at radius 1 is 1.45 bits per heavy atom. The van der Waals surface area contributed by atoms with Crippen molar-refractivity contribution in [1.82, 2.24) is 5.32 Å². The number of nitrogens with one attached hydrogen (secondary N) is 1. The van der Waals surface area contributed by atoms with Crippen LogP contribution in [-0.2, 0) is 9.84 Å². The first-order chi connectivity index (χ1) is 9.34. The lowest BCUT2D eigenvalue weighted by Gasteiger charge is -2.27. The van der Waals surface area contributed by atoms with Crippen LogP contribution in [0.4, 0.5) is 11.4 Å². The van der Waals surface area contributed by atoms with Crippen LogP contribution >= 0.6 is 0 Å². The van der Waals surface area contributed by atoms with E-state index < -0.39 is 9.84 Å². The van der Waals surface area contributed by atoms with E-state index in [0.717, 1.165) is 5.69 Å². The van der Waals surface area contributed by atoms with Gasteiger partial charge in [0.05, 0.1) is 22.9 Å². The average molecular weight is 297 g/mol. The highest BCUT2D eigenvalue weighted by Gasteiger charge is 2.31. The third-order valence-corrected chi connectivity index (χ3v) is 5.40. The standard InChI is InChI=1S/C13H19N3O3S/c1-15-13(17)9-3-4-12(11(14)7-9)16(2)10-5-6-20(18,19)8-10/h3-4,7,10H,5-6,8,14H2,1-2H3,(H,15,17). The number of nitrogen functional groups attached to an aromatic ring is 1. The molecule has 6 nitrogen and oxygen atoms in total. The number of anilines is 2. The Hall–Kier alpha value is -1.76. The molecule has 0 saturated carbocycles. The molecule has 1 fully saturated rings. The average Bonchev–Trinajstić information content (AvgIpc) is 2.77. The number of carbonyl (C=O) groups is 1. The van der Waals surface area contributed by atoms with Gasteiger partial charge in [-0.1, -0.05) is 0 Å². The highest BCUT2D eigenvalue weighted by atomic mass is 32.2. The molecule has 0 spiro atoms. The van der Waals surface area contributed by atoms with E-state index >= 15 is 0 Å². The van der Waals surface area contributed by atoms with Crippen LogP contribution in [0.2, 0.25) is 0 Å². The summed E-state index contributed by atoms with van der Waals surface area (Å²) in [5.74, 6) is 0.174. The smallest absolute Gasteiger partial charge is 0.251 e. The van der Waals surface area contributed by atoms with Gasteiger partial charge in [-0.25, -0.2) is 8.42 Å². The van der Waals surface area contributed by atoms with Gasteiger partial charge in [0, 0.05) is 25.7 Å². The second kappa shape index (κ2) is 5.32. The van der Waals surface area contributed by atoms with Crippen molar-refractivity contribution in [2.45, 2.75) is 12.5 Å². The van der Waals surface area contributed by atoms with E-state index in [1.54, 1.807) is 25.2 Å². The fourth-order valence-corrected chi connectivity index (χ4v) is 4.21. The van der Waals surface area contributed by atoms with Crippen LogP contribution in [0.25, 0.3) is 0 Å². The quantitative estimate of drug-likeness (QED) is 0.780. The minimum Gasteiger partial charge on any atom is -0.397 e. The van der Waals surface area contributed by atoms with Gasteiger partial charge in [-0.15, -0.1) is 0 Å². The molecule has 0 bridgehead atoms. The van der Waals surface area contributed by atoms with Gasteiger partial charge in [-0.2, -0.15) is 0 Å². The van der Waals surface area contributed by atoms with Crippen LogP contribution in [0.15, 0.2) is 18.2 Å². The van der Waals surface area contributed by atoms with E-state index in [1.165, 1.54) is 0 Å². The van der Waals surface area contributed by atoms with Crippen LogP contribution in [0, 0.1) is 0 Å². The number of benzene rings is 1. The van der Waals surface area contributed by atoms with Gasteiger partial charge in [-0.05, 0) is 24.6 Å². The van der Waals surface area contributed by atoms with Crippen molar-refractivity contribution in [2.24, 2.45) is 0 Å². The van der Waals surface area contributed by atoms with Crippen LogP contribution in [-0.4, -0.2) is 46.0 Å². The normalized spacial score (nSPS) is 20.6. The SMILES string of the molecule is CNC(=O)c1ccc(N(C)C2CCS(=O)(=O)C2)c(N)c1. The summed E-state index contributed by atoms with van der Waals surface area (Å²) in [5, 5.41) is 2.54. The first kappa shape index (κ1) is 14.6. The molecule has 1 aliphatic rings. The lowest BCUT2D eigenvalue weighted by molar-refractivity contribution is 0.0963. The topological polar surface area (TPSA) is 92.5 Å². The van der Waals surface area contributed by atoms with Crippen LogP contribution in [0.5, 0.6) is 0 Å². The molecule has 1 unspecified atom stereocenters. The van der Waals surface area contributed by atoms with Crippen molar-refractivity contribution in [3.05, 3.63) is 23.8 Å². The molecule has 1 heterocycles. The first-order valence-corrected chi connectivity index (χ1v) is 8.21. The number of sulfone groups is 1. The summed E-state index contributed by atoms with van der Waals surface area (Å²) in [5.41, 5.74) is 7.69. The first-order valence-electron chi connectivity index (χ1n) is 6.39. The molecule has 2 rings (SSSR count). The van der Waals surface area contributed by atoms with E-state index in [9.17, 15) is 13.2 Å². The molecule has 1 atom stereocenters. The van der Waals surface area contributed by atoms with E-state index in [-0.39, 0.29) is 23.5 Å². The monoisotopic (exact) mass is 297 g/mol. The summed E-state index contributed by atoms with van der Waals surface area (Å²) < 4.78 is 23.1. The van der Waals surface area contributed by atoms with Crippen molar-refractivity contribution in [2.75, 3.05) is 36.2 Å². The molecule has 1 aromatic carbocycles. The minimum atomic E-state index is -2.93. The van der Waals surface area contributed by atoms with Crippen molar-refractivity contribution < 1.29 is 13.2 Å². The second-order valence-corrected chi connectivity index (χ2v) is 7.25. The Balaban J connectivity index is 2.23. The minimum absolute atomic E-state index is 0.0619. The Morgan fingerprint density at radius 2 is 2.15 bits per heavy atom. The number of nitrogens with two attached hydrogens (primary N) is 1. The highest BCUT2D eigenvalue weighted by molar-refractivity contribution is 7.91. The summed E-state index contributed by atoms with van der Waals surface area (Å²) in [6, 6.07) is 4.98. The maximum atomic E-state index is 11.5. The molecular formula is C13H19N3O3S. The van der Waals surface area contributed by atoms with E-state index in [1.807, 2.05) is 11.9 Å². The predicted molar refractivity (Wildman–Crippen MR) is 79.7 cm³/mol. The van der Waals surface area contributed by atoms with Gasteiger partial charge < -0.3 is 16.0 Å². The largest absolute Gasteiger partial charge is 0.397 e. The van der Waals surface area contributed by atoms with Gasteiger partial charge in [0.15, 0.2) is 9.84 Å². The summed E-state index contributed by atoms with van der Waals surface area (Å²) >= 11 is 0. The van der Waals surface area contributed by atoms with E-state index in [4.69, 9.17) is 5.73 Å². The third kappa shape index (κ3) is 2.87. The van der Waals surface area contributed by atoms with Crippen LogP contribution in [0.1, 0.15) is 16.8 Å². The fraction of sp³-hybridized carbons (Fsp3) is 0.462. The molecule has 3 N–H and O–H groups in total. The molecule has 20 heavy (non-hydrogen) atoms. The molecule has 110 valence electrons. The molecule has 1 aromatic rings. The fourth-order valence-electron chi connectivity index (χ4n) is 2.44. The summed E-state index contributed by atoms with van der Waals surface area (Å²) in [7, 11) is 0.454. The van der Waals surface area contributed by atoms with Crippen molar-refractivity contribution >= 4 is 27.1 Å². The highest BCUT2D eigenvalue weighted by Crippen LogP contribution is 2.28. The maximum absolute atomic E-state index is 11.5. The van der Waals surface area contributed by atoms with Crippen LogP contribution in [0.3, 0.4) is 0 Å². The van der Waals surface area contributed by atoms with E-state index in [0.29, 0.717) is 17.7 Å². The Bertz CT molecular complexity index is 628. The van der Waals surface area contributed by atoms with Gasteiger partial charge in [0.25, 0.3) is 5.91 Å². The summed E-state index contributed by atoms with van der Waals surface area (Å²) in [6.45, 7) is 0. The molecule has 7 heteroatoms. The second-order valence-electron chi connectivity index (χ2n) is 5.02. The Labute approximate surface area is 118 Å². The molecule has 0 aromatic heterocycles. The maximum Gasteiger partial charge on any atom is 0.251 e. The lowest BCUT2D eigenvalue weighted by Crippen LogP contribution is -2.33. The number of hydrogen-bond donors (Lipinski definition) is 2. The number of rotatable bonds is 3. The van der Waals surface area contributed by atoms with Crippen molar-refractivity contribution in [3.8, 4) is 0 Å². The third-order valence-electron chi connectivity index (χ3n) is 3.65. The molecular weight excluding hydrogens is 278 g/mol. The molecule has 0 radical (unpaired) electrons. The molecule has 1 amide bonds. The van der Waals surface area contributed by atoms with Gasteiger partial charge in [0.2, 0.25) is 0 Å². The molecule has 1 aliphatic heterocycles. The zero-order chi connectivity index (χ0) is 14.9. The summed E-state index contributed by atoms with van der Waals surface area (Å²) in [4.78, 5) is 13.4. The zero-order valence-electron chi connectivity index (χ0n) is 11.6. The van der Waals surface area contributed by atoms with E-state index in [2.05, 4.69) is 5.32 Å². The van der Waals surface area contributed by atoms with Gasteiger partial charge in [-0.3, -0.25) is 4.79 Å². The Kier molecular flexibility index (Phi) is 3.89. The Morgan fingerprint density at radius 3 is 2.65 bits per heavy atom. The van der Waals surface area contributed by atoms with Crippen molar-refractivity contribution in [1.29, 1.82) is 0 Å². The number of hydrogen-bond acceptors (Lipinski definition) is 5. The van der Waals surface area contributed by atoms with Crippen molar-refractivity contribution in [3.63, 3.8) is 0 Å². The number of amides is 1. The van der Waals surface area contributed by atoms with Gasteiger partial charge in [0.1, 0.15) is 0 Å². The lowest BCUT2D eigenvalue weighted by atomic mass is 10.1. The molecule has 0 aliphatic carbocycles. The zero-order valence-corrected chi connectivity index (χ0v) is 12.4. The summed E-state index contributed by atoms with van der Waals surface area (Å²) in [6.07, 6.45) is 0.607. The van der Waals surface area contributed by atoms with Gasteiger partial charge >= 0.3 is 0 Å². The molecule has 1 saturated heterocycles. The number of nitrogens with zero attached hydrogens (tertiary/aromatic N) is 1.